The lowest BCUT2D eigenvalue weighted by atomic mass is 10.4. The van der Waals surface area contributed by atoms with Gasteiger partial charge in [0, 0.05) is 5.69 Å². The van der Waals surface area contributed by atoms with Gasteiger partial charge in [-0.05, 0) is 25.1 Å². The third-order valence-corrected chi connectivity index (χ3v) is 1.20. The monoisotopic (exact) mass is 135 g/mol. The number of H-pyrrole nitrogens is 1. The van der Waals surface area contributed by atoms with Gasteiger partial charge in [-0.25, -0.2) is 0 Å². The van der Waals surface area contributed by atoms with Gasteiger partial charge in [-0.2, -0.15) is 0 Å². The molecule has 0 aliphatic heterocycles. The van der Waals surface area contributed by atoms with E-state index in [-0.39, 0.29) is 0 Å². The van der Waals surface area contributed by atoms with Crippen LogP contribution in [0.3, 0.4) is 0 Å². The number of aldehydes is 1. The molecule has 1 heterocycles. The summed E-state index contributed by atoms with van der Waals surface area (Å²) in [6, 6.07) is 3.62. The van der Waals surface area contributed by atoms with Crippen molar-refractivity contribution in [3.63, 3.8) is 0 Å². The zero-order valence-electron chi connectivity index (χ0n) is 5.79. The molecule has 0 fully saturated rings. The molecule has 0 unspecified atom stereocenters. The first-order valence-electron chi connectivity index (χ1n) is 3.13. The Bertz CT molecular complexity index is 248. The van der Waals surface area contributed by atoms with Crippen LogP contribution < -0.4 is 0 Å². The normalized spacial score (nSPS) is 10.5. The predicted octanol–water partition coefficient (Wildman–Crippen LogP) is 1.86. The minimum atomic E-state index is 0.619. The van der Waals surface area contributed by atoms with E-state index in [0.717, 1.165) is 12.0 Å². The predicted molar refractivity (Wildman–Crippen MR) is 40.9 cm³/mol. The quantitative estimate of drug-likeness (QED) is 0.617. The zero-order valence-corrected chi connectivity index (χ0v) is 5.79. The van der Waals surface area contributed by atoms with Crippen molar-refractivity contribution in [3.8, 4) is 0 Å². The molecule has 2 nitrogen and oxygen atoms in total. The summed E-state index contributed by atoms with van der Waals surface area (Å²) < 4.78 is 0. The topological polar surface area (TPSA) is 32.9 Å². The minimum Gasteiger partial charge on any atom is -0.353 e. The molecule has 0 aliphatic rings. The fourth-order valence-corrected chi connectivity index (χ4v) is 0.775. The van der Waals surface area contributed by atoms with Crippen LogP contribution in [0.4, 0.5) is 0 Å². The largest absolute Gasteiger partial charge is 0.353 e. The molecule has 1 aromatic heterocycles. The summed E-state index contributed by atoms with van der Waals surface area (Å²) in [7, 11) is 0. The number of carbonyl (C=O) groups excluding carboxylic acids is 1. The Kier molecular flexibility index (Phi) is 2.05. The smallest absolute Gasteiger partial charge is 0.166 e. The van der Waals surface area contributed by atoms with Gasteiger partial charge in [0.25, 0.3) is 0 Å². The van der Waals surface area contributed by atoms with E-state index >= 15 is 0 Å². The van der Waals surface area contributed by atoms with Crippen LogP contribution in [0.1, 0.15) is 23.1 Å². The molecule has 0 aliphatic carbocycles. The van der Waals surface area contributed by atoms with Crippen molar-refractivity contribution >= 4 is 12.4 Å². The van der Waals surface area contributed by atoms with E-state index in [1.54, 1.807) is 6.07 Å². The van der Waals surface area contributed by atoms with Crippen molar-refractivity contribution in [2.24, 2.45) is 0 Å². The highest BCUT2D eigenvalue weighted by molar-refractivity contribution is 5.73. The van der Waals surface area contributed by atoms with E-state index < -0.39 is 0 Å². The standard InChI is InChI=1S/C8H9NO/c1-2-3-7-4-5-8(6-10)9-7/h2-6,9H,1H3. The molecule has 0 bridgehead atoms. The summed E-state index contributed by atoms with van der Waals surface area (Å²) >= 11 is 0. The first kappa shape index (κ1) is 6.81. The van der Waals surface area contributed by atoms with Crippen LogP contribution in [-0.2, 0) is 0 Å². The van der Waals surface area contributed by atoms with Gasteiger partial charge in [0.1, 0.15) is 0 Å². The summed E-state index contributed by atoms with van der Waals surface area (Å²) in [5.74, 6) is 0. The lowest BCUT2D eigenvalue weighted by molar-refractivity contribution is 0.111. The Balaban J connectivity index is 2.87. The zero-order chi connectivity index (χ0) is 7.40. The third kappa shape index (κ3) is 1.35. The summed E-state index contributed by atoms with van der Waals surface area (Å²) in [6.07, 6.45) is 4.63. The van der Waals surface area contributed by atoms with Crippen molar-refractivity contribution in [2.75, 3.05) is 0 Å². The maximum Gasteiger partial charge on any atom is 0.166 e. The van der Waals surface area contributed by atoms with Gasteiger partial charge in [0.15, 0.2) is 6.29 Å². The summed E-state index contributed by atoms with van der Waals surface area (Å²) in [4.78, 5) is 13.1. The van der Waals surface area contributed by atoms with Crippen LogP contribution in [0.25, 0.3) is 6.08 Å². The number of hydrogen-bond donors (Lipinski definition) is 1. The van der Waals surface area contributed by atoms with Crippen molar-refractivity contribution in [2.45, 2.75) is 6.92 Å². The van der Waals surface area contributed by atoms with E-state index in [1.165, 1.54) is 0 Å². The van der Waals surface area contributed by atoms with E-state index in [9.17, 15) is 4.79 Å². The van der Waals surface area contributed by atoms with Crippen molar-refractivity contribution in [1.82, 2.24) is 4.98 Å². The highest BCUT2D eigenvalue weighted by Crippen LogP contribution is 2.00. The van der Waals surface area contributed by atoms with Gasteiger partial charge >= 0.3 is 0 Å². The fourth-order valence-electron chi connectivity index (χ4n) is 0.775. The Morgan fingerprint density at radius 3 is 2.60 bits per heavy atom. The number of aromatic nitrogens is 1. The van der Waals surface area contributed by atoms with E-state index in [1.807, 2.05) is 25.1 Å². The molecule has 1 rings (SSSR count). The summed E-state index contributed by atoms with van der Waals surface area (Å²) in [6.45, 7) is 1.93. The molecule has 0 aromatic carbocycles. The van der Waals surface area contributed by atoms with Crippen LogP contribution in [0.5, 0.6) is 0 Å². The van der Waals surface area contributed by atoms with Gasteiger partial charge in [0.05, 0.1) is 5.69 Å². The molecule has 2 heteroatoms. The Morgan fingerprint density at radius 1 is 1.40 bits per heavy atom. The summed E-state index contributed by atoms with van der Waals surface area (Å²) in [5.41, 5.74) is 1.58. The van der Waals surface area contributed by atoms with Gasteiger partial charge < -0.3 is 4.98 Å². The lowest BCUT2D eigenvalue weighted by Crippen LogP contribution is -1.76. The van der Waals surface area contributed by atoms with Gasteiger partial charge in [-0.15, -0.1) is 0 Å². The average molecular weight is 135 g/mol. The molecule has 1 N–H and O–H groups in total. The molecule has 0 saturated heterocycles. The number of allylic oxidation sites excluding steroid dienone is 1. The van der Waals surface area contributed by atoms with E-state index in [4.69, 9.17) is 0 Å². The molecular formula is C8H9NO. The minimum absolute atomic E-state index is 0.619. The van der Waals surface area contributed by atoms with E-state index in [2.05, 4.69) is 4.98 Å². The number of aromatic amines is 1. The van der Waals surface area contributed by atoms with Crippen molar-refractivity contribution < 1.29 is 4.79 Å². The highest BCUT2D eigenvalue weighted by Gasteiger charge is 1.90. The second-order valence-corrected chi connectivity index (χ2v) is 1.99. The number of nitrogens with one attached hydrogen (secondary N) is 1. The molecule has 0 spiro atoms. The molecule has 10 heavy (non-hydrogen) atoms. The summed E-state index contributed by atoms with van der Waals surface area (Å²) in [5, 5.41) is 0. The second kappa shape index (κ2) is 3.01. The van der Waals surface area contributed by atoms with Crippen LogP contribution in [-0.4, -0.2) is 11.3 Å². The van der Waals surface area contributed by atoms with Crippen LogP contribution in [0.2, 0.25) is 0 Å². The third-order valence-electron chi connectivity index (χ3n) is 1.20. The molecule has 1 aromatic rings. The van der Waals surface area contributed by atoms with Crippen molar-refractivity contribution in [1.29, 1.82) is 0 Å². The van der Waals surface area contributed by atoms with E-state index in [0.29, 0.717) is 5.69 Å². The highest BCUT2D eigenvalue weighted by atomic mass is 16.1. The SMILES string of the molecule is CC=Cc1ccc(C=O)[nH]1. The lowest BCUT2D eigenvalue weighted by Gasteiger charge is -1.81. The van der Waals surface area contributed by atoms with Crippen LogP contribution in [0, 0.1) is 0 Å². The maximum absolute atomic E-state index is 10.2. The fraction of sp³-hybridized carbons (Fsp3) is 0.125. The van der Waals surface area contributed by atoms with Gasteiger partial charge in [0.2, 0.25) is 0 Å². The maximum atomic E-state index is 10.2. The molecular weight excluding hydrogens is 126 g/mol. The first-order chi connectivity index (χ1) is 4.86. The average Bonchev–Trinajstić information content (AvgIpc) is 2.37. The molecule has 0 atom stereocenters. The second-order valence-electron chi connectivity index (χ2n) is 1.99. The van der Waals surface area contributed by atoms with Crippen LogP contribution in [0.15, 0.2) is 18.2 Å². The van der Waals surface area contributed by atoms with Gasteiger partial charge in [-0.3, -0.25) is 4.79 Å². The Labute approximate surface area is 59.6 Å². The number of rotatable bonds is 2. The van der Waals surface area contributed by atoms with Gasteiger partial charge in [-0.1, -0.05) is 6.08 Å². The molecule has 0 radical (unpaired) electrons. The van der Waals surface area contributed by atoms with Crippen LogP contribution >= 0.6 is 0 Å². The molecule has 0 saturated carbocycles. The van der Waals surface area contributed by atoms with Crippen molar-refractivity contribution in [3.05, 3.63) is 29.6 Å². The number of carbonyl (C=O) groups is 1. The number of hydrogen-bond acceptors (Lipinski definition) is 1. The Morgan fingerprint density at radius 2 is 2.10 bits per heavy atom. The molecule has 52 valence electrons. The Hall–Kier alpha value is -1.31. The first-order valence-corrected chi connectivity index (χ1v) is 3.13. The molecule has 0 amide bonds.